The van der Waals surface area contributed by atoms with Gasteiger partial charge in [0.1, 0.15) is 0 Å². The molecule has 1 aliphatic rings. The van der Waals surface area contributed by atoms with Gasteiger partial charge in [0.05, 0.1) is 10.9 Å². The van der Waals surface area contributed by atoms with Gasteiger partial charge in [-0.25, -0.2) is 0 Å². The van der Waals surface area contributed by atoms with Crippen molar-refractivity contribution in [3.8, 4) is 0 Å². The Morgan fingerprint density at radius 1 is 1.33 bits per heavy atom. The quantitative estimate of drug-likeness (QED) is 0.835. The fourth-order valence-corrected chi connectivity index (χ4v) is 3.51. The van der Waals surface area contributed by atoms with Gasteiger partial charge in [-0.2, -0.15) is 0 Å². The first-order chi connectivity index (χ1) is 10.1. The number of benzene rings is 1. The molecule has 3 N–H and O–H groups in total. The molecule has 0 bridgehead atoms. The number of para-hydroxylation sites is 1. The first kappa shape index (κ1) is 14.0. The van der Waals surface area contributed by atoms with Crippen molar-refractivity contribution >= 4 is 29.0 Å². The van der Waals surface area contributed by atoms with Crippen LogP contribution in [0, 0.1) is 10.7 Å². The zero-order chi connectivity index (χ0) is 15.0. The summed E-state index contributed by atoms with van der Waals surface area (Å²) in [5, 5.41) is 0.618. The van der Waals surface area contributed by atoms with Crippen LogP contribution >= 0.6 is 12.2 Å². The summed E-state index contributed by atoms with van der Waals surface area (Å²) in [6.07, 6.45) is 3.11. The molecule has 1 aliphatic carbocycles. The molecule has 0 unspecified atom stereocenters. The van der Waals surface area contributed by atoms with Gasteiger partial charge < -0.3 is 10.7 Å². The van der Waals surface area contributed by atoms with Crippen molar-refractivity contribution in [3.63, 3.8) is 0 Å². The van der Waals surface area contributed by atoms with Gasteiger partial charge in [0, 0.05) is 12.0 Å². The number of aromatic amines is 1. The Kier molecular flexibility index (Phi) is 3.63. The average molecular weight is 303 g/mol. The molecule has 0 spiro atoms. The maximum atomic E-state index is 12.7. The van der Waals surface area contributed by atoms with Gasteiger partial charge in [-0.3, -0.25) is 14.2 Å². The second-order valence-electron chi connectivity index (χ2n) is 5.57. The van der Waals surface area contributed by atoms with Crippen LogP contribution in [0.15, 0.2) is 29.1 Å². The molecule has 0 radical (unpaired) electrons. The van der Waals surface area contributed by atoms with Gasteiger partial charge in [-0.05, 0) is 43.6 Å². The summed E-state index contributed by atoms with van der Waals surface area (Å²) in [4.78, 5) is 27.2. The average Bonchev–Trinajstić information content (AvgIpc) is 2.47. The lowest BCUT2D eigenvalue weighted by Crippen LogP contribution is -2.34. The second-order valence-corrected chi connectivity index (χ2v) is 5.96. The van der Waals surface area contributed by atoms with Crippen LogP contribution in [-0.2, 0) is 4.79 Å². The smallest absolute Gasteiger partial charge is 0.262 e. The number of carbonyl (C=O) groups excluding carboxylic acids is 1. The SMILES string of the molecule is NC(=O)[C@H]1CCC[C@H](n2c(=S)[nH]c3ccccc3c2=O)C1. The number of hydrogen-bond donors (Lipinski definition) is 2. The molecule has 1 saturated carbocycles. The molecule has 1 amide bonds. The molecule has 0 aliphatic heterocycles. The van der Waals surface area contributed by atoms with Crippen molar-refractivity contribution in [2.75, 3.05) is 0 Å². The summed E-state index contributed by atoms with van der Waals surface area (Å²) in [6, 6.07) is 7.26. The van der Waals surface area contributed by atoms with Gasteiger partial charge in [-0.15, -0.1) is 0 Å². The highest BCUT2D eigenvalue weighted by Gasteiger charge is 2.28. The summed E-state index contributed by atoms with van der Waals surface area (Å²) < 4.78 is 2.03. The fraction of sp³-hybridized carbons (Fsp3) is 0.400. The van der Waals surface area contributed by atoms with E-state index in [9.17, 15) is 9.59 Å². The molecule has 0 saturated heterocycles. The summed E-state index contributed by atoms with van der Waals surface area (Å²) in [7, 11) is 0. The Morgan fingerprint density at radius 2 is 2.10 bits per heavy atom. The van der Waals surface area contributed by atoms with Crippen LogP contribution in [0.4, 0.5) is 0 Å². The fourth-order valence-electron chi connectivity index (χ4n) is 3.16. The predicted octanol–water partition coefficient (Wildman–Crippen LogP) is 2.28. The summed E-state index contributed by atoms with van der Waals surface area (Å²) in [5.41, 5.74) is 6.06. The van der Waals surface area contributed by atoms with Crippen molar-refractivity contribution in [3.05, 3.63) is 39.4 Å². The summed E-state index contributed by atoms with van der Waals surface area (Å²) >= 11 is 5.34. The van der Waals surface area contributed by atoms with Crippen LogP contribution in [0.2, 0.25) is 0 Å². The van der Waals surface area contributed by atoms with E-state index in [0.717, 1.165) is 24.8 Å². The largest absolute Gasteiger partial charge is 0.369 e. The van der Waals surface area contributed by atoms with Crippen molar-refractivity contribution < 1.29 is 4.79 Å². The number of fused-ring (bicyclic) bond motifs is 1. The van der Waals surface area contributed by atoms with Crippen LogP contribution in [-0.4, -0.2) is 15.5 Å². The summed E-state index contributed by atoms with van der Waals surface area (Å²) in [6.45, 7) is 0. The van der Waals surface area contributed by atoms with Crippen LogP contribution in [0.25, 0.3) is 10.9 Å². The lowest BCUT2D eigenvalue weighted by molar-refractivity contribution is -0.123. The molecular weight excluding hydrogens is 286 g/mol. The van der Waals surface area contributed by atoms with Crippen molar-refractivity contribution in [1.82, 2.24) is 9.55 Å². The van der Waals surface area contributed by atoms with E-state index in [1.54, 1.807) is 10.6 Å². The Labute approximate surface area is 126 Å². The van der Waals surface area contributed by atoms with Crippen LogP contribution in [0.3, 0.4) is 0 Å². The van der Waals surface area contributed by atoms with E-state index in [1.165, 1.54) is 0 Å². The monoisotopic (exact) mass is 303 g/mol. The molecule has 1 aromatic heterocycles. The van der Waals surface area contributed by atoms with Crippen molar-refractivity contribution in [1.29, 1.82) is 0 Å². The lowest BCUT2D eigenvalue weighted by Gasteiger charge is -2.28. The third-order valence-corrected chi connectivity index (χ3v) is 4.55. The van der Waals surface area contributed by atoms with E-state index in [4.69, 9.17) is 18.0 Å². The number of amides is 1. The molecule has 5 nitrogen and oxygen atoms in total. The molecule has 1 aromatic carbocycles. The minimum Gasteiger partial charge on any atom is -0.369 e. The van der Waals surface area contributed by atoms with E-state index >= 15 is 0 Å². The zero-order valence-corrected chi connectivity index (χ0v) is 12.4. The highest BCUT2D eigenvalue weighted by Crippen LogP contribution is 2.31. The Hall–Kier alpha value is -1.95. The van der Waals surface area contributed by atoms with Gasteiger partial charge >= 0.3 is 0 Å². The van der Waals surface area contributed by atoms with Crippen LogP contribution in [0.5, 0.6) is 0 Å². The molecule has 1 fully saturated rings. The minimum atomic E-state index is -0.288. The van der Waals surface area contributed by atoms with Crippen LogP contribution < -0.4 is 11.3 Å². The number of nitrogens with zero attached hydrogens (tertiary/aromatic N) is 1. The number of carbonyl (C=O) groups is 1. The Morgan fingerprint density at radius 3 is 2.86 bits per heavy atom. The number of primary amides is 1. The van der Waals surface area contributed by atoms with E-state index in [2.05, 4.69) is 4.98 Å². The van der Waals surface area contributed by atoms with Crippen molar-refractivity contribution in [2.45, 2.75) is 31.7 Å². The number of nitrogens with one attached hydrogen (secondary N) is 1. The van der Waals surface area contributed by atoms with Gasteiger partial charge in [0.2, 0.25) is 5.91 Å². The van der Waals surface area contributed by atoms with Crippen LogP contribution in [0.1, 0.15) is 31.7 Å². The van der Waals surface area contributed by atoms with Gasteiger partial charge in [0.25, 0.3) is 5.56 Å². The molecular formula is C15H17N3O2S. The summed E-state index contributed by atoms with van der Waals surface area (Å²) in [5.74, 6) is -0.458. The van der Waals surface area contributed by atoms with E-state index in [0.29, 0.717) is 16.6 Å². The number of aromatic nitrogens is 2. The number of rotatable bonds is 2. The van der Waals surface area contributed by atoms with Gasteiger partial charge in [-0.1, -0.05) is 18.6 Å². The predicted molar refractivity (Wildman–Crippen MR) is 83.6 cm³/mol. The maximum Gasteiger partial charge on any atom is 0.262 e. The second kappa shape index (κ2) is 5.44. The molecule has 2 aromatic rings. The minimum absolute atomic E-state index is 0.0582. The molecule has 1 heterocycles. The number of H-pyrrole nitrogens is 1. The maximum absolute atomic E-state index is 12.7. The number of hydrogen-bond acceptors (Lipinski definition) is 3. The standard InChI is InChI=1S/C15H17N3O2S/c16-13(19)9-4-3-5-10(8-9)18-14(20)11-6-1-2-7-12(11)17-15(18)21/h1-2,6-7,9-10H,3-5,8H2,(H2,16,19)(H,17,21)/t9-,10-/m0/s1. The number of nitrogens with two attached hydrogens (primary N) is 1. The normalized spacial score (nSPS) is 22.3. The Bertz CT molecular complexity index is 808. The lowest BCUT2D eigenvalue weighted by atomic mass is 9.85. The molecule has 2 atom stereocenters. The topological polar surface area (TPSA) is 80.9 Å². The highest BCUT2D eigenvalue weighted by molar-refractivity contribution is 7.71. The van der Waals surface area contributed by atoms with E-state index < -0.39 is 0 Å². The third kappa shape index (κ3) is 2.51. The first-order valence-electron chi connectivity index (χ1n) is 7.11. The molecule has 110 valence electrons. The van der Waals surface area contributed by atoms with Crippen molar-refractivity contribution in [2.24, 2.45) is 11.7 Å². The zero-order valence-electron chi connectivity index (χ0n) is 11.5. The highest BCUT2D eigenvalue weighted by atomic mass is 32.1. The Balaban J connectivity index is 2.10. The molecule has 3 rings (SSSR count). The molecule has 6 heteroatoms. The first-order valence-corrected chi connectivity index (χ1v) is 7.51. The third-order valence-electron chi connectivity index (χ3n) is 4.25. The van der Waals surface area contributed by atoms with E-state index in [-0.39, 0.29) is 23.4 Å². The molecule has 21 heavy (non-hydrogen) atoms. The van der Waals surface area contributed by atoms with Gasteiger partial charge in [0.15, 0.2) is 4.77 Å². The van der Waals surface area contributed by atoms with E-state index in [1.807, 2.05) is 18.2 Å².